The lowest BCUT2D eigenvalue weighted by molar-refractivity contribution is 0.0691. The van der Waals surface area contributed by atoms with E-state index in [0.717, 1.165) is 36.0 Å². The van der Waals surface area contributed by atoms with E-state index in [0.29, 0.717) is 18.1 Å². The zero-order chi connectivity index (χ0) is 22.8. The smallest absolute Gasteiger partial charge is 0.355 e. The second kappa shape index (κ2) is 11.9. The lowest BCUT2D eigenvalue weighted by Gasteiger charge is -2.12. The van der Waals surface area contributed by atoms with Crippen LogP contribution >= 0.6 is 0 Å². The molecular weight excluding hydrogens is 392 g/mol. The summed E-state index contributed by atoms with van der Waals surface area (Å²) in [5.41, 5.74) is 6.52. The van der Waals surface area contributed by atoms with Gasteiger partial charge in [0.2, 0.25) is 5.95 Å². The fourth-order valence-electron chi connectivity index (χ4n) is 2.94. The number of aromatic nitrogens is 2. The Bertz CT molecular complexity index is 985. The molecule has 0 saturated carbocycles. The highest BCUT2D eigenvalue weighted by Crippen LogP contribution is 2.30. The first-order valence-corrected chi connectivity index (χ1v) is 10.1. The largest absolute Gasteiger partial charge is 0.476 e. The Morgan fingerprint density at radius 2 is 1.68 bits per heavy atom. The molecule has 4 N–H and O–H groups in total. The van der Waals surface area contributed by atoms with E-state index in [1.807, 2.05) is 75.6 Å². The van der Waals surface area contributed by atoms with Crippen molar-refractivity contribution in [2.24, 2.45) is 5.73 Å². The van der Waals surface area contributed by atoms with Gasteiger partial charge in [-0.05, 0) is 44.5 Å². The number of nitrogens with two attached hydrogens (primary N) is 1. The van der Waals surface area contributed by atoms with Crippen LogP contribution < -0.4 is 11.1 Å². The molecule has 2 aromatic carbocycles. The number of aromatic carboxylic acids is 1. The molecule has 0 radical (unpaired) electrons. The number of hydrogen-bond donors (Lipinski definition) is 3. The van der Waals surface area contributed by atoms with Crippen LogP contribution in [0.25, 0.3) is 21.9 Å². The molecule has 0 atom stereocenters. The summed E-state index contributed by atoms with van der Waals surface area (Å²) in [5.74, 6) is -0.746. The first kappa shape index (κ1) is 24.2. The fourth-order valence-corrected chi connectivity index (χ4v) is 2.94. The third-order valence-corrected chi connectivity index (χ3v) is 4.49. The van der Waals surface area contributed by atoms with Crippen molar-refractivity contribution in [1.29, 1.82) is 0 Å². The van der Waals surface area contributed by atoms with E-state index in [9.17, 15) is 9.90 Å². The molecular formula is C23H32N6O2. The fraction of sp³-hybridized carbons (Fsp3) is 0.348. The molecule has 0 spiro atoms. The number of benzene rings is 2. The molecule has 0 amide bonds. The normalized spacial score (nSPS) is 10.8. The molecule has 8 heteroatoms. The van der Waals surface area contributed by atoms with E-state index >= 15 is 0 Å². The number of hydrogen-bond acceptors (Lipinski definition) is 7. The Morgan fingerprint density at radius 3 is 2.29 bits per heavy atom. The van der Waals surface area contributed by atoms with Crippen LogP contribution in [0.3, 0.4) is 0 Å². The predicted molar refractivity (Wildman–Crippen MR) is 127 cm³/mol. The summed E-state index contributed by atoms with van der Waals surface area (Å²) >= 11 is 0. The Balaban J connectivity index is 0.000000501. The topological polar surface area (TPSA) is 108 Å². The van der Waals surface area contributed by atoms with Crippen LogP contribution in [0, 0.1) is 0 Å². The van der Waals surface area contributed by atoms with E-state index in [4.69, 9.17) is 5.73 Å². The lowest BCUT2D eigenvalue weighted by atomic mass is 9.98. The Labute approximate surface area is 183 Å². The van der Waals surface area contributed by atoms with Crippen molar-refractivity contribution in [3.05, 3.63) is 54.4 Å². The molecule has 0 aliphatic rings. The number of likely N-dealkylation sites (N-methyl/N-ethyl adjacent to an activating group) is 2. The van der Waals surface area contributed by atoms with Gasteiger partial charge in [0.1, 0.15) is 0 Å². The summed E-state index contributed by atoms with van der Waals surface area (Å²) in [6.07, 6.45) is 1.58. The number of carboxylic acid groups (broad SMARTS) is 1. The van der Waals surface area contributed by atoms with Crippen LogP contribution in [0.5, 0.6) is 0 Å². The molecule has 0 bridgehead atoms. The average molecular weight is 425 g/mol. The van der Waals surface area contributed by atoms with E-state index in [-0.39, 0.29) is 5.69 Å². The predicted octanol–water partition coefficient (Wildman–Crippen LogP) is 2.48. The number of rotatable bonds is 8. The van der Waals surface area contributed by atoms with E-state index in [2.05, 4.69) is 20.2 Å². The number of carbonyl (C=O) groups is 1. The minimum atomic E-state index is -1.07. The second-order valence-electron chi connectivity index (χ2n) is 7.61. The van der Waals surface area contributed by atoms with Crippen LogP contribution in [0.1, 0.15) is 10.5 Å². The first-order valence-electron chi connectivity index (χ1n) is 10.1. The molecule has 1 heterocycles. The molecule has 1 aromatic heterocycles. The first-order chi connectivity index (χ1) is 14.8. The van der Waals surface area contributed by atoms with Crippen molar-refractivity contribution in [2.45, 2.75) is 0 Å². The van der Waals surface area contributed by atoms with Gasteiger partial charge < -0.3 is 26.0 Å². The molecule has 166 valence electrons. The molecule has 0 saturated heterocycles. The summed E-state index contributed by atoms with van der Waals surface area (Å²) in [6, 6.07) is 13.7. The lowest BCUT2D eigenvalue weighted by Crippen LogP contribution is -2.22. The van der Waals surface area contributed by atoms with E-state index < -0.39 is 5.97 Å². The van der Waals surface area contributed by atoms with Gasteiger partial charge >= 0.3 is 5.97 Å². The summed E-state index contributed by atoms with van der Waals surface area (Å²) in [6.45, 7) is 3.18. The highest BCUT2D eigenvalue weighted by atomic mass is 16.4. The maximum atomic E-state index is 11.7. The standard InChI is InChI=1S/C19H20N4O2.C4H12N2/c1-23(2)11-10-20-19-21-12-16(17(22-19)18(24)25)15-9-5-7-13-6-3-4-8-14(13)15;1-6(2)4-3-5/h3-9,12H,10-11H2,1-2H3,(H,24,25)(H,20,21,22);3-5H2,1-2H3. The second-order valence-corrected chi connectivity index (χ2v) is 7.61. The summed E-state index contributed by atoms with van der Waals surface area (Å²) in [7, 11) is 7.95. The maximum Gasteiger partial charge on any atom is 0.355 e. The average Bonchev–Trinajstić information content (AvgIpc) is 2.73. The van der Waals surface area contributed by atoms with Crippen molar-refractivity contribution in [1.82, 2.24) is 19.8 Å². The van der Waals surface area contributed by atoms with Crippen LogP contribution in [0.2, 0.25) is 0 Å². The molecule has 0 aliphatic carbocycles. The number of carboxylic acids is 1. The molecule has 8 nitrogen and oxygen atoms in total. The number of nitrogens with zero attached hydrogens (tertiary/aromatic N) is 4. The minimum Gasteiger partial charge on any atom is -0.476 e. The van der Waals surface area contributed by atoms with Gasteiger partial charge in [-0.3, -0.25) is 0 Å². The molecule has 0 fully saturated rings. The zero-order valence-electron chi connectivity index (χ0n) is 18.7. The highest BCUT2D eigenvalue weighted by Gasteiger charge is 2.17. The summed E-state index contributed by atoms with van der Waals surface area (Å²) in [5, 5.41) is 14.7. The van der Waals surface area contributed by atoms with Gasteiger partial charge in [0.15, 0.2) is 5.69 Å². The highest BCUT2D eigenvalue weighted by molar-refractivity contribution is 6.02. The van der Waals surface area contributed by atoms with Crippen molar-refractivity contribution in [2.75, 3.05) is 59.7 Å². The quantitative estimate of drug-likeness (QED) is 0.506. The minimum absolute atomic E-state index is 0.00120. The van der Waals surface area contributed by atoms with Gasteiger partial charge in [0, 0.05) is 37.9 Å². The number of nitrogens with one attached hydrogen (secondary N) is 1. The van der Waals surface area contributed by atoms with Gasteiger partial charge in [0.05, 0.1) is 0 Å². The van der Waals surface area contributed by atoms with Gasteiger partial charge in [-0.15, -0.1) is 0 Å². The van der Waals surface area contributed by atoms with Gasteiger partial charge in [0.25, 0.3) is 0 Å². The molecule has 31 heavy (non-hydrogen) atoms. The van der Waals surface area contributed by atoms with Crippen molar-refractivity contribution < 1.29 is 9.90 Å². The maximum absolute atomic E-state index is 11.7. The Hall–Kier alpha value is -3.07. The molecule has 3 rings (SSSR count). The van der Waals surface area contributed by atoms with E-state index in [1.54, 1.807) is 6.20 Å². The molecule has 0 unspecified atom stereocenters. The van der Waals surface area contributed by atoms with Crippen molar-refractivity contribution >= 4 is 22.7 Å². The molecule has 3 aromatic rings. The van der Waals surface area contributed by atoms with Crippen LogP contribution in [0.4, 0.5) is 5.95 Å². The summed E-state index contributed by atoms with van der Waals surface area (Å²) < 4.78 is 0. The number of anilines is 1. The number of fused-ring (bicyclic) bond motifs is 1. The van der Waals surface area contributed by atoms with Gasteiger partial charge in [-0.25, -0.2) is 14.8 Å². The monoisotopic (exact) mass is 424 g/mol. The summed E-state index contributed by atoms with van der Waals surface area (Å²) in [4.78, 5) is 24.3. The van der Waals surface area contributed by atoms with Crippen molar-refractivity contribution in [3.8, 4) is 11.1 Å². The van der Waals surface area contributed by atoms with Gasteiger partial charge in [-0.2, -0.15) is 0 Å². The SMILES string of the molecule is CN(C)CCN.CN(C)CCNc1ncc(-c2cccc3ccccc23)c(C(=O)O)n1. The molecule has 0 aliphatic heterocycles. The van der Waals surface area contributed by atoms with Crippen LogP contribution in [0.15, 0.2) is 48.7 Å². The zero-order valence-corrected chi connectivity index (χ0v) is 18.7. The van der Waals surface area contributed by atoms with Crippen LogP contribution in [-0.2, 0) is 0 Å². The Kier molecular flexibility index (Phi) is 9.33. The third-order valence-electron chi connectivity index (χ3n) is 4.49. The van der Waals surface area contributed by atoms with E-state index in [1.165, 1.54) is 0 Å². The van der Waals surface area contributed by atoms with Crippen LogP contribution in [-0.4, -0.2) is 85.2 Å². The Morgan fingerprint density at radius 1 is 1.00 bits per heavy atom. The van der Waals surface area contributed by atoms with Crippen molar-refractivity contribution in [3.63, 3.8) is 0 Å². The third kappa shape index (κ3) is 7.29. The van der Waals surface area contributed by atoms with Gasteiger partial charge in [-0.1, -0.05) is 42.5 Å².